The van der Waals surface area contributed by atoms with Gasteiger partial charge in [0.25, 0.3) is 0 Å². The van der Waals surface area contributed by atoms with Crippen LogP contribution in [0.15, 0.2) is 22.9 Å². The van der Waals surface area contributed by atoms with Crippen LogP contribution in [0, 0.1) is 5.92 Å². The van der Waals surface area contributed by atoms with Crippen molar-refractivity contribution in [3.05, 3.63) is 22.9 Å². The Hall–Kier alpha value is -0.175. The molecule has 0 aliphatic heterocycles. The lowest BCUT2D eigenvalue weighted by atomic mass is 9.91. The highest BCUT2D eigenvalue weighted by atomic mass is 79.9. The van der Waals surface area contributed by atoms with E-state index in [0.717, 1.165) is 0 Å². The van der Waals surface area contributed by atoms with Crippen LogP contribution in [-0.2, 0) is 0 Å². The minimum atomic E-state index is 0.00861. The number of halogens is 1. The molecule has 0 aliphatic carbocycles. The number of hydrogen-bond donors (Lipinski definition) is 1. The third kappa shape index (κ3) is 3.78. The fourth-order valence-corrected chi connectivity index (χ4v) is 0.658. The van der Waals surface area contributed by atoms with E-state index in [4.69, 9.17) is 7.85 Å². The Morgan fingerprint density at radius 1 is 1.90 bits per heavy atom. The smallest absolute Gasteiger partial charge is 0.0954 e. The number of hydrogen-bond acceptors (Lipinski definition) is 1. The highest BCUT2D eigenvalue weighted by molar-refractivity contribution is 9.11. The minimum Gasteiger partial charge on any atom is -0.512 e. The first-order valence-corrected chi connectivity index (χ1v) is 3.82. The summed E-state index contributed by atoms with van der Waals surface area (Å²) in [6.07, 6.45) is 2.00. The molecule has 1 atom stereocenters. The summed E-state index contributed by atoms with van der Waals surface area (Å²) in [6.45, 7) is 5.40. The predicted molar refractivity (Wildman–Crippen MR) is 48.5 cm³/mol. The quantitative estimate of drug-likeness (QED) is 0.422. The van der Waals surface area contributed by atoms with Crippen LogP contribution in [0.2, 0.25) is 6.32 Å². The first-order chi connectivity index (χ1) is 4.57. The second-order valence-electron chi connectivity index (χ2n) is 2.15. The zero-order valence-electron chi connectivity index (χ0n) is 5.97. The molecule has 1 N–H and O–H groups in total. The van der Waals surface area contributed by atoms with Crippen LogP contribution in [0.5, 0.6) is 0 Å². The molecule has 0 rings (SSSR count). The molecule has 0 aromatic rings. The van der Waals surface area contributed by atoms with E-state index in [1.807, 2.05) is 6.92 Å². The molecule has 0 unspecified atom stereocenters. The molecule has 1 nitrogen and oxygen atoms in total. The molecule has 0 aromatic heterocycles. The van der Waals surface area contributed by atoms with Crippen molar-refractivity contribution in [1.82, 2.24) is 0 Å². The summed E-state index contributed by atoms with van der Waals surface area (Å²) < 4.78 is 0.658. The topological polar surface area (TPSA) is 20.2 Å². The second-order valence-corrected chi connectivity index (χ2v) is 3.17. The van der Waals surface area contributed by atoms with Crippen LogP contribution in [0.4, 0.5) is 0 Å². The Labute approximate surface area is 71.4 Å². The van der Waals surface area contributed by atoms with Crippen LogP contribution in [-0.4, -0.2) is 13.0 Å². The van der Waals surface area contributed by atoms with Gasteiger partial charge in [-0.25, -0.2) is 0 Å². The third-order valence-electron chi connectivity index (χ3n) is 1.16. The lowest BCUT2D eigenvalue weighted by Gasteiger charge is -2.05. The maximum absolute atomic E-state index is 9.18. The van der Waals surface area contributed by atoms with Gasteiger partial charge in [-0.2, -0.15) is 0 Å². The van der Waals surface area contributed by atoms with Gasteiger partial charge < -0.3 is 5.11 Å². The summed E-state index contributed by atoms with van der Waals surface area (Å²) in [5, 5.41) is 9.18. The molecule has 0 bridgehead atoms. The molecule has 0 spiro atoms. The fraction of sp³-hybridized carbons (Fsp3) is 0.429. The lowest BCUT2D eigenvalue weighted by molar-refractivity contribution is 0.352. The van der Waals surface area contributed by atoms with Crippen molar-refractivity contribution in [2.45, 2.75) is 13.2 Å². The molecule has 0 saturated heterocycles. The van der Waals surface area contributed by atoms with Gasteiger partial charge in [-0.3, -0.25) is 0 Å². The van der Waals surface area contributed by atoms with E-state index in [1.165, 1.54) is 0 Å². The zero-order chi connectivity index (χ0) is 8.15. The first kappa shape index (κ1) is 9.82. The Balaban J connectivity index is 4.04. The van der Waals surface area contributed by atoms with Crippen LogP contribution in [0.25, 0.3) is 0 Å². The molecule has 0 aliphatic rings. The number of aliphatic hydroxyl groups excluding tert-OH is 1. The highest BCUT2D eigenvalue weighted by Crippen LogP contribution is 2.14. The van der Waals surface area contributed by atoms with E-state index in [-0.39, 0.29) is 11.7 Å². The SMILES string of the molecule is [B]C[C@H](C)/C(O)=C\C(=C)Br. The molecule has 0 heterocycles. The van der Waals surface area contributed by atoms with E-state index in [0.29, 0.717) is 10.8 Å². The van der Waals surface area contributed by atoms with E-state index in [1.54, 1.807) is 6.08 Å². The number of rotatable bonds is 3. The molecule has 2 radical (unpaired) electrons. The first-order valence-electron chi connectivity index (χ1n) is 3.03. The van der Waals surface area contributed by atoms with Crippen LogP contribution in [0.1, 0.15) is 6.92 Å². The summed E-state index contributed by atoms with van der Waals surface area (Å²) >= 11 is 3.10. The van der Waals surface area contributed by atoms with Crippen molar-refractivity contribution in [3.63, 3.8) is 0 Å². The largest absolute Gasteiger partial charge is 0.512 e. The predicted octanol–water partition coefficient (Wildman–Crippen LogP) is 2.56. The van der Waals surface area contributed by atoms with Gasteiger partial charge >= 0.3 is 0 Å². The van der Waals surface area contributed by atoms with Gasteiger partial charge in [0.2, 0.25) is 0 Å². The van der Waals surface area contributed by atoms with Crippen molar-refractivity contribution in [2.24, 2.45) is 5.92 Å². The molecular weight excluding hydrogens is 191 g/mol. The molecule has 3 heteroatoms. The maximum Gasteiger partial charge on any atom is 0.0954 e. The summed E-state index contributed by atoms with van der Waals surface area (Å²) in [4.78, 5) is 0. The maximum atomic E-state index is 9.18. The lowest BCUT2D eigenvalue weighted by Crippen LogP contribution is -1.96. The Kier molecular flexibility index (Phi) is 4.53. The van der Waals surface area contributed by atoms with Gasteiger partial charge in [0.15, 0.2) is 0 Å². The fourth-order valence-electron chi connectivity index (χ4n) is 0.423. The molecule has 0 aromatic carbocycles. The van der Waals surface area contributed by atoms with Crippen molar-refractivity contribution in [2.75, 3.05) is 0 Å². The molecule has 0 amide bonds. The van der Waals surface area contributed by atoms with E-state index >= 15 is 0 Å². The van der Waals surface area contributed by atoms with Crippen molar-refractivity contribution in [1.29, 1.82) is 0 Å². The van der Waals surface area contributed by atoms with Gasteiger partial charge in [-0.05, 0) is 6.08 Å². The molecule has 0 saturated carbocycles. The summed E-state index contributed by atoms with van der Waals surface area (Å²) in [5.41, 5.74) is 0. The average Bonchev–Trinajstić information content (AvgIpc) is 1.85. The third-order valence-corrected chi connectivity index (χ3v) is 1.39. The summed E-state index contributed by atoms with van der Waals surface area (Å²) in [7, 11) is 5.30. The van der Waals surface area contributed by atoms with Gasteiger partial charge in [0.05, 0.1) is 13.6 Å². The molecule has 54 valence electrons. The molecule has 10 heavy (non-hydrogen) atoms. The van der Waals surface area contributed by atoms with Crippen molar-refractivity contribution < 1.29 is 5.11 Å². The van der Waals surface area contributed by atoms with E-state index in [9.17, 15) is 5.11 Å². The minimum absolute atomic E-state index is 0.00861. The standard InChI is InChI=1S/C7H10BBrO/c1-5(4-8)7(10)3-6(2)9/h3,5,10H,2,4H2,1H3/b7-3+/t5-/m0/s1. The number of allylic oxidation sites excluding steroid dienone is 3. The zero-order valence-corrected chi connectivity index (χ0v) is 7.56. The highest BCUT2D eigenvalue weighted by Gasteiger charge is 2.02. The molecular formula is C7H10BBrO. The van der Waals surface area contributed by atoms with Crippen molar-refractivity contribution in [3.8, 4) is 0 Å². The van der Waals surface area contributed by atoms with Crippen LogP contribution in [0.3, 0.4) is 0 Å². The van der Waals surface area contributed by atoms with Gasteiger partial charge in [-0.15, -0.1) is 0 Å². The van der Waals surface area contributed by atoms with Crippen LogP contribution < -0.4 is 0 Å². The van der Waals surface area contributed by atoms with Gasteiger partial charge in [0.1, 0.15) is 0 Å². The van der Waals surface area contributed by atoms with E-state index < -0.39 is 0 Å². The average molecular weight is 201 g/mol. The van der Waals surface area contributed by atoms with Gasteiger partial charge in [0, 0.05) is 10.4 Å². The van der Waals surface area contributed by atoms with Crippen molar-refractivity contribution >= 4 is 23.8 Å². The van der Waals surface area contributed by atoms with Crippen LogP contribution >= 0.6 is 15.9 Å². The summed E-state index contributed by atoms with van der Waals surface area (Å²) in [5.74, 6) is 0.277. The number of aliphatic hydroxyl groups is 1. The monoisotopic (exact) mass is 200 g/mol. The Bertz CT molecular complexity index is 154. The molecule has 0 fully saturated rings. The van der Waals surface area contributed by atoms with Gasteiger partial charge in [-0.1, -0.05) is 35.8 Å². The normalized spacial score (nSPS) is 14.8. The second kappa shape index (κ2) is 4.61. The summed E-state index contributed by atoms with van der Waals surface area (Å²) in [6, 6.07) is 0. The Morgan fingerprint density at radius 3 is 2.70 bits per heavy atom. The van der Waals surface area contributed by atoms with E-state index in [2.05, 4.69) is 22.5 Å². The Morgan fingerprint density at radius 2 is 2.40 bits per heavy atom.